The lowest BCUT2D eigenvalue weighted by molar-refractivity contribution is -0.133. The molecule has 0 unspecified atom stereocenters. The summed E-state index contributed by atoms with van der Waals surface area (Å²) in [4.78, 5) is 26.5. The van der Waals surface area contributed by atoms with E-state index in [1.54, 1.807) is 0 Å². The van der Waals surface area contributed by atoms with Crippen LogP contribution in [0.1, 0.15) is 51.5 Å². The van der Waals surface area contributed by atoms with Crippen LogP contribution < -0.4 is 11.1 Å². The number of amides is 2. The number of piperidine rings is 1. The van der Waals surface area contributed by atoms with Crippen LogP contribution in [0.3, 0.4) is 0 Å². The zero-order valence-corrected chi connectivity index (χ0v) is 14.8. The normalized spacial score (nSPS) is 15.5. The Morgan fingerprint density at radius 2 is 2.04 bits per heavy atom. The highest BCUT2D eigenvalue weighted by molar-refractivity contribution is 5.95. The second kappa shape index (κ2) is 8.29. The van der Waals surface area contributed by atoms with Gasteiger partial charge in [-0.05, 0) is 43.4 Å². The molecule has 1 fully saturated rings. The van der Waals surface area contributed by atoms with Crippen molar-refractivity contribution in [3.05, 3.63) is 29.8 Å². The highest BCUT2D eigenvalue weighted by Gasteiger charge is 2.33. The fraction of sp³-hybridized carbons (Fsp3) is 0.579. The minimum Gasteiger partial charge on any atom is -0.338 e. The summed E-state index contributed by atoms with van der Waals surface area (Å²) < 4.78 is 0. The van der Waals surface area contributed by atoms with E-state index in [1.165, 1.54) is 0 Å². The summed E-state index contributed by atoms with van der Waals surface area (Å²) in [7, 11) is 0. The first-order valence-corrected chi connectivity index (χ1v) is 8.93. The van der Waals surface area contributed by atoms with Gasteiger partial charge in [0.05, 0.1) is 5.41 Å². The lowest BCUT2D eigenvalue weighted by Gasteiger charge is -2.29. The standard InChI is InChI=1S/C19H29N3O2/c1-3-19(4-2,14-20)18(24)21-16-9-7-8-15(12-16)13-22-11-6-5-10-17(22)23/h7-9,12H,3-6,10-11,13-14,20H2,1-2H3,(H,21,24). The molecular formula is C19H29N3O2. The van der Waals surface area contributed by atoms with Crippen molar-refractivity contribution < 1.29 is 9.59 Å². The summed E-state index contributed by atoms with van der Waals surface area (Å²) in [6.07, 6.45) is 4.12. The average Bonchev–Trinajstić information content (AvgIpc) is 2.59. The number of likely N-dealkylation sites (tertiary alicyclic amines) is 1. The van der Waals surface area contributed by atoms with E-state index in [9.17, 15) is 9.59 Å². The van der Waals surface area contributed by atoms with Crippen molar-refractivity contribution in [2.75, 3.05) is 18.4 Å². The highest BCUT2D eigenvalue weighted by atomic mass is 16.2. The van der Waals surface area contributed by atoms with Gasteiger partial charge in [-0.25, -0.2) is 0 Å². The molecule has 0 spiro atoms. The molecule has 24 heavy (non-hydrogen) atoms. The maximum Gasteiger partial charge on any atom is 0.231 e. The topological polar surface area (TPSA) is 75.4 Å². The zero-order chi connectivity index (χ0) is 17.6. The Kier molecular flexibility index (Phi) is 6.37. The minimum atomic E-state index is -0.515. The first kappa shape index (κ1) is 18.5. The quantitative estimate of drug-likeness (QED) is 0.806. The van der Waals surface area contributed by atoms with E-state index in [2.05, 4.69) is 5.32 Å². The average molecular weight is 331 g/mol. The Hall–Kier alpha value is -1.88. The van der Waals surface area contributed by atoms with Crippen LogP contribution in [0.5, 0.6) is 0 Å². The summed E-state index contributed by atoms with van der Waals surface area (Å²) in [6.45, 7) is 5.75. The van der Waals surface area contributed by atoms with E-state index < -0.39 is 5.41 Å². The number of nitrogens with zero attached hydrogens (tertiary/aromatic N) is 1. The molecular weight excluding hydrogens is 302 g/mol. The highest BCUT2D eigenvalue weighted by Crippen LogP contribution is 2.27. The predicted molar refractivity (Wildman–Crippen MR) is 96.4 cm³/mol. The number of hydrogen-bond acceptors (Lipinski definition) is 3. The minimum absolute atomic E-state index is 0.0267. The fourth-order valence-electron chi connectivity index (χ4n) is 3.21. The first-order valence-electron chi connectivity index (χ1n) is 8.93. The van der Waals surface area contributed by atoms with Crippen LogP contribution in [0.25, 0.3) is 0 Å². The van der Waals surface area contributed by atoms with Crippen LogP contribution in [-0.4, -0.2) is 29.8 Å². The number of nitrogens with one attached hydrogen (secondary N) is 1. The molecule has 1 aromatic rings. The Morgan fingerprint density at radius 1 is 1.29 bits per heavy atom. The van der Waals surface area contributed by atoms with Crippen molar-refractivity contribution in [3.8, 4) is 0 Å². The molecule has 0 aromatic heterocycles. The number of rotatable bonds is 7. The molecule has 132 valence electrons. The smallest absolute Gasteiger partial charge is 0.231 e. The van der Waals surface area contributed by atoms with Crippen LogP contribution >= 0.6 is 0 Å². The lowest BCUT2D eigenvalue weighted by Crippen LogP contribution is -2.41. The molecule has 1 saturated heterocycles. The van der Waals surface area contributed by atoms with Gasteiger partial charge in [0, 0.05) is 31.7 Å². The predicted octanol–water partition coefficient (Wildman–Crippen LogP) is 2.90. The van der Waals surface area contributed by atoms with Gasteiger partial charge in [-0.1, -0.05) is 26.0 Å². The molecule has 1 aromatic carbocycles. The fourth-order valence-corrected chi connectivity index (χ4v) is 3.21. The van der Waals surface area contributed by atoms with E-state index in [0.29, 0.717) is 32.4 Å². The van der Waals surface area contributed by atoms with E-state index in [4.69, 9.17) is 5.73 Å². The molecule has 3 N–H and O–H groups in total. The van der Waals surface area contributed by atoms with Gasteiger partial charge in [-0.2, -0.15) is 0 Å². The molecule has 5 heteroatoms. The third-order valence-electron chi connectivity index (χ3n) is 5.21. The maximum absolute atomic E-state index is 12.6. The molecule has 0 bridgehead atoms. The third kappa shape index (κ3) is 4.15. The molecule has 2 rings (SSSR count). The molecule has 1 aliphatic rings. The third-order valence-corrected chi connectivity index (χ3v) is 5.21. The summed E-state index contributed by atoms with van der Waals surface area (Å²) in [5.41, 5.74) is 7.13. The monoisotopic (exact) mass is 331 g/mol. The molecule has 0 atom stereocenters. The number of nitrogens with two attached hydrogens (primary N) is 1. The molecule has 0 aliphatic carbocycles. The summed E-state index contributed by atoms with van der Waals surface area (Å²) in [6, 6.07) is 7.74. The zero-order valence-electron chi connectivity index (χ0n) is 14.8. The molecule has 0 saturated carbocycles. The van der Waals surface area contributed by atoms with Crippen LogP contribution in [0.15, 0.2) is 24.3 Å². The van der Waals surface area contributed by atoms with E-state index in [-0.39, 0.29) is 11.8 Å². The summed E-state index contributed by atoms with van der Waals surface area (Å²) in [5.74, 6) is 0.191. The number of carbonyl (C=O) groups excluding carboxylic acids is 2. The van der Waals surface area contributed by atoms with Gasteiger partial charge in [0.2, 0.25) is 11.8 Å². The Labute approximate surface area is 144 Å². The van der Waals surface area contributed by atoms with Gasteiger partial charge in [0.15, 0.2) is 0 Å². The van der Waals surface area contributed by atoms with Crippen molar-refractivity contribution >= 4 is 17.5 Å². The van der Waals surface area contributed by atoms with Gasteiger partial charge < -0.3 is 16.0 Å². The van der Waals surface area contributed by atoms with E-state index >= 15 is 0 Å². The Balaban J connectivity index is 2.07. The van der Waals surface area contributed by atoms with Crippen molar-refractivity contribution in [2.45, 2.75) is 52.5 Å². The molecule has 5 nitrogen and oxygen atoms in total. The van der Waals surface area contributed by atoms with Crippen molar-refractivity contribution in [2.24, 2.45) is 11.1 Å². The Morgan fingerprint density at radius 3 is 2.67 bits per heavy atom. The number of benzene rings is 1. The maximum atomic E-state index is 12.6. The van der Waals surface area contributed by atoms with Gasteiger partial charge in [-0.3, -0.25) is 9.59 Å². The van der Waals surface area contributed by atoms with Gasteiger partial charge in [0.25, 0.3) is 0 Å². The van der Waals surface area contributed by atoms with Gasteiger partial charge in [0.1, 0.15) is 0 Å². The molecule has 2 amide bonds. The van der Waals surface area contributed by atoms with Gasteiger partial charge >= 0.3 is 0 Å². The molecule has 1 heterocycles. The number of anilines is 1. The van der Waals surface area contributed by atoms with Crippen molar-refractivity contribution in [1.29, 1.82) is 0 Å². The second-order valence-electron chi connectivity index (χ2n) is 6.62. The van der Waals surface area contributed by atoms with Crippen LogP contribution in [0.2, 0.25) is 0 Å². The lowest BCUT2D eigenvalue weighted by atomic mass is 9.81. The molecule has 1 aliphatic heterocycles. The summed E-state index contributed by atoms with van der Waals surface area (Å²) in [5, 5.41) is 3.00. The van der Waals surface area contributed by atoms with Gasteiger partial charge in [-0.15, -0.1) is 0 Å². The first-order chi connectivity index (χ1) is 11.5. The van der Waals surface area contributed by atoms with Crippen molar-refractivity contribution in [3.63, 3.8) is 0 Å². The van der Waals surface area contributed by atoms with Crippen LogP contribution in [-0.2, 0) is 16.1 Å². The summed E-state index contributed by atoms with van der Waals surface area (Å²) >= 11 is 0. The van der Waals surface area contributed by atoms with Crippen LogP contribution in [0.4, 0.5) is 5.69 Å². The number of carbonyl (C=O) groups is 2. The largest absolute Gasteiger partial charge is 0.338 e. The second-order valence-corrected chi connectivity index (χ2v) is 6.62. The molecule has 0 radical (unpaired) electrons. The Bertz CT molecular complexity index is 573. The SMILES string of the molecule is CCC(CC)(CN)C(=O)Nc1cccc(CN2CCCCC2=O)c1. The van der Waals surface area contributed by atoms with E-state index in [1.807, 2.05) is 43.0 Å². The van der Waals surface area contributed by atoms with E-state index in [0.717, 1.165) is 30.6 Å². The number of hydrogen-bond donors (Lipinski definition) is 2. The van der Waals surface area contributed by atoms with Crippen molar-refractivity contribution in [1.82, 2.24) is 4.90 Å². The van der Waals surface area contributed by atoms with Crippen LogP contribution in [0, 0.1) is 5.41 Å².